The lowest BCUT2D eigenvalue weighted by atomic mass is 10.0. The number of rotatable bonds is 2. The third-order valence-electron chi connectivity index (χ3n) is 2.30. The molecule has 11 heteroatoms. The summed E-state index contributed by atoms with van der Waals surface area (Å²) in [4.78, 5) is 11.0. The normalized spacial score (nSPS) is 13.2. The van der Waals surface area contributed by atoms with E-state index in [0.717, 1.165) is 6.07 Å². The van der Waals surface area contributed by atoms with Gasteiger partial charge < -0.3 is 5.32 Å². The van der Waals surface area contributed by atoms with Crippen molar-refractivity contribution in [2.24, 2.45) is 0 Å². The number of alkyl halides is 7. The molecule has 1 aromatic carbocycles. The zero-order valence-electron chi connectivity index (χ0n) is 9.54. The predicted molar refractivity (Wildman–Crippen MR) is 50.9 cm³/mol. The van der Waals surface area contributed by atoms with Crippen LogP contribution in [0.2, 0.25) is 0 Å². The van der Waals surface area contributed by atoms with E-state index in [0.29, 0.717) is 17.4 Å². The van der Waals surface area contributed by atoms with Crippen molar-refractivity contribution >= 4 is 11.6 Å². The van der Waals surface area contributed by atoms with Gasteiger partial charge in [-0.05, 0) is 12.1 Å². The van der Waals surface area contributed by atoms with Crippen LogP contribution in [-0.2, 0) is 4.79 Å². The Labute approximate surface area is 110 Å². The van der Waals surface area contributed by atoms with Crippen molar-refractivity contribution < 1.29 is 44.3 Å². The van der Waals surface area contributed by atoms with E-state index in [1.807, 2.05) is 0 Å². The summed E-state index contributed by atoms with van der Waals surface area (Å²) >= 11 is 0. The molecular formula is C10H4F9NO. The topological polar surface area (TPSA) is 29.1 Å². The van der Waals surface area contributed by atoms with Crippen LogP contribution in [0.4, 0.5) is 45.2 Å². The minimum absolute atomic E-state index is 0.444. The molecule has 1 N–H and O–H groups in total. The molecule has 0 spiro atoms. The molecule has 0 heterocycles. The molecule has 21 heavy (non-hydrogen) atoms. The molecule has 0 unspecified atom stereocenters. The number of hydrogen-bond acceptors (Lipinski definition) is 1. The summed E-state index contributed by atoms with van der Waals surface area (Å²) in [6, 6.07) is 1.62. The smallest absolute Gasteiger partial charge is 0.318 e. The molecule has 0 aliphatic rings. The van der Waals surface area contributed by atoms with E-state index in [1.165, 1.54) is 0 Å². The molecule has 0 fully saturated rings. The summed E-state index contributed by atoms with van der Waals surface area (Å²) in [7, 11) is 0. The van der Waals surface area contributed by atoms with Crippen molar-refractivity contribution in [3.63, 3.8) is 0 Å². The molecule has 0 atom stereocenters. The van der Waals surface area contributed by atoms with E-state index in [9.17, 15) is 44.3 Å². The Bertz CT molecular complexity index is 514. The number of benzene rings is 1. The van der Waals surface area contributed by atoms with Gasteiger partial charge in [0.1, 0.15) is 17.3 Å². The molecule has 0 aliphatic heterocycles. The Kier molecular flexibility index (Phi) is 4.17. The molecule has 1 rings (SSSR count). The minimum atomic E-state index is -6.67. The Morgan fingerprint density at radius 2 is 1.24 bits per heavy atom. The maximum absolute atomic E-state index is 13.2. The summed E-state index contributed by atoms with van der Waals surface area (Å²) in [5.41, 5.74) is -7.94. The highest BCUT2D eigenvalue weighted by molar-refractivity contribution is 5.98. The van der Waals surface area contributed by atoms with Crippen LogP contribution in [0.25, 0.3) is 0 Å². The molecule has 118 valence electrons. The summed E-state index contributed by atoms with van der Waals surface area (Å²) in [5, 5.41) is 0.628. The highest BCUT2D eigenvalue weighted by Crippen LogP contribution is 2.46. The summed E-state index contributed by atoms with van der Waals surface area (Å²) in [6.45, 7) is 0. The molecule has 2 nitrogen and oxygen atoms in total. The lowest BCUT2D eigenvalue weighted by molar-refractivity contribution is -0.324. The average Bonchev–Trinajstić information content (AvgIpc) is 2.29. The van der Waals surface area contributed by atoms with Crippen molar-refractivity contribution in [1.82, 2.24) is 0 Å². The van der Waals surface area contributed by atoms with Gasteiger partial charge in [-0.15, -0.1) is 0 Å². The first-order chi connectivity index (χ1) is 9.32. The van der Waals surface area contributed by atoms with Gasteiger partial charge in [-0.25, -0.2) is 13.2 Å². The predicted octanol–water partition coefficient (Wildman–Crippen LogP) is 3.74. The summed E-state index contributed by atoms with van der Waals surface area (Å²) in [5.74, 6) is -6.64. The monoisotopic (exact) mass is 325 g/mol. The number of carbonyl (C=O) groups excluding carboxylic acids is 1. The van der Waals surface area contributed by atoms with Crippen molar-refractivity contribution in [2.45, 2.75) is 18.0 Å². The second-order valence-electron chi connectivity index (χ2n) is 3.70. The number of hydrogen-bond donors (Lipinski definition) is 1. The zero-order valence-corrected chi connectivity index (χ0v) is 9.54. The Balaban J connectivity index is 3.28. The van der Waals surface area contributed by atoms with Gasteiger partial charge in [-0.3, -0.25) is 4.79 Å². The Hall–Kier alpha value is -1.94. The maximum Gasteiger partial charge on any atom is 0.441 e. The third kappa shape index (κ3) is 2.90. The van der Waals surface area contributed by atoms with Gasteiger partial charge in [0.15, 0.2) is 0 Å². The standard InChI is InChI=1S/C10H4F9NO/c11-4-2-1-3-5(12)6(4)20-7(21)8(13,9(14,15)16)10(17,18)19/h1-3H,(H,20,21). The zero-order chi connectivity index (χ0) is 16.6. The van der Waals surface area contributed by atoms with Crippen LogP contribution >= 0.6 is 0 Å². The molecule has 0 radical (unpaired) electrons. The van der Waals surface area contributed by atoms with E-state index in [1.54, 1.807) is 0 Å². The summed E-state index contributed by atoms with van der Waals surface area (Å²) in [6.07, 6.45) is -13.3. The van der Waals surface area contributed by atoms with Gasteiger partial charge in [-0.2, -0.15) is 26.3 Å². The van der Waals surface area contributed by atoms with Gasteiger partial charge in [0, 0.05) is 0 Å². The van der Waals surface area contributed by atoms with Crippen LogP contribution in [-0.4, -0.2) is 23.9 Å². The third-order valence-corrected chi connectivity index (χ3v) is 2.30. The largest absolute Gasteiger partial charge is 0.441 e. The van der Waals surface area contributed by atoms with E-state index in [2.05, 4.69) is 0 Å². The van der Waals surface area contributed by atoms with Crippen LogP contribution in [0, 0.1) is 11.6 Å². The van der Waals surface area contributed by atoms with Crippen molar-refractivity contribution in [1.29, 1.82) is 0 Å². The SMILES string of the molecule is O=C(Nc1c(F)cccc1F)C(F)(C(F)(F)F)C(F)(F)F. The fraction of sp³-hybridized carbons (Fsp3) is 0.300. The lowest BCUT2D eigenvalue weighted by Crippen LogP contribution is -2.61. The quantitative estimate of drug-likeness (QED) is 0.825. The van der Waals surface area contributed by atoms with E-state index in [4.69, 9.17) is 0 Å². The van der Waals surface area contributed by atoms with Crippen LogP contribution in [0.15, 0.2) is 18.2 Å². The van der Waals surface area contributed by atoms with E-state index >= 15 is 0 Å². The molecule has 0 aliphatic carbocycles. The molecule has 1 amide bonds. The van der Waals surface area contributed by atoms with Crippen LogP contribution in [0.1, 0.15) is 0 Å². The number of amides is 1. The molecule has 0 bridgehead atoms. The van der Waals surface area contributed by atoms with Crippen LogP contribution < -0.4 is 5.32 Å². The van der Waals surface area contributed by atoms with Crippen molar-refractivity contribution in [3.05, 3.63) is 29.8 Å². The highest BCUT2D eigenvalue weighted by Gasteiger charge is 2.77. The molecule has 0 aromatic heterocycles. The fourth-order valence-electron chi connectivity index (χ4n) is 1.24. The molecule has 0 saturated heterocycles. The van der Waals surface area contributed by atoms with Crippen molar-refractivity contribution in [3.8, 4) is 0 Å². The van der Waals surface area contributed by atoms with Gasteiger partial charge in [0.2, 0.25) is 0 Å². The van der Waals surface area contributed by atoms with Gasteiger partial charge in [0.25, 0.3) is 5.91 Å². The fourth-order valence-corrected chi connectivity index (χ4v) is 1.24. The number of para-hydroxylation sites is 1. The van der Waals surface area contributed by atoms with Crippen molar-refractivity contribution in [2.75, 3.05) is 5.32 Å². The maximum atomic E-state index is 13.2. The Morgan fingerprint density at radius 1 is 0.857 bits per heavy atom. The van der Waals surface area contributed by atoms with Gasteiger partial charge >= 0.3 is 18.0 Å². The van der Waals surface area contributed by atoms with E-state index in [-0.39, 0.29) is 0 Å². The number of anilines is 1. The number of carbonyl (C=O) groups is 1. The number of halogens is 9. The first-order valence-electron chi connectivity index (χ1n) is 4.90. The van der Waals surface area contributed by atoms with Gasteiger partial charge in [0.05, 0.1) is 0 Å². The summed E-state index contributed by atoms with van der Waals surface area (Å²) < 4.78 is 113. The lowest BCUT2D eigenvalue weighted by Gasteiger charge is -2.28. The molecule has 0 saturated carbocycles. The Morgan fingerprint density at radius 3 is 1.57 bits per heavy atom. The minimum Gasteiger partial charge on any atom is -0.318 e. The molecule has 1 aromatic rings. The van der Waals surface area contributed by atoms with Crippen LogP contribution in [0.5, 0.6) is 0 Å². The second-order valence-corrected chi connectivity index (χ2v) is 3.70. The molecular weight excluding hydrogens is 321 g/mol. The van der Waals surface area contributed by atoms with E-state index < -0.39 is 41.3 Å². The van der Waals surface area contributed by atoms with Gasteiger partial charge in [-0.1, -0.05) is 6.07 Å². The second kappa shape index (κ2) is 5.11. The highest BCUT2D eigenvalue weighted by atomic mass is 19.4. The number of nitrogens with one attached hydrogen (secondary N) is 1. The average molecular weight is 325 g/mol. The van der Waals surface area contributed by atoms with Crippen LogP contribution in [0.3, 0.4) is 0 Å². The first kappa shape index (κ1) is 17.1. The first-order valence-corrected chi connectivity index (χ1v) is 4.90.